The zero-order valence-corrected chi connectivity index (χ0v) is 21.3. The maximum atomic E-state index is 13.0. The third-order valence-corrected chi connectivity index (χ3v) is 8.66. The molecule has 10 heteroatoms. The molecule has 0 aromatic heterocycles. The molecule has 184 valence electrons. The maximum absolute atomic E-state index is 13.0. The van der Waals surface area contributed by atoms with Crippen molar-refractivity contribution in [2.75, 3.05) is 33.7 Å². The van der Waals surface area contributed by atoms with Crippen LogP contribution in [0.15, 0.2) is 41.3 Å². The lowest BCUT2D eigenvalue weighted by molar-refractivity contribution is -0.144. The Morgan fingerprint density at radius 1 is 1.06 bits per heavy atom. The monoisotopic (exact) mass is 506 g/mol. The van der Waals surface area contributed by atoms with Crippen LogP contribution in [-0.2, 0) is 19.6 Å². The van der Waals surface area contributed by atoms with E-state index >= 15 is 0 Å². The first-order valence-corrected chi connectivity index (χ1v) is 13.4. The van der Waals surface area contributed by atoms with Gasteiger partial charge in [0.05, 0.1) is 4.90 Å². The van der Waals surface area contributed by atoms with Gasteiger partial charge in [-0.2, -0.15) is 4.72 Å². The first-order valence-electron chi connectivity index (χ1n) is 11.5. The van der Waals surface area contributed by atoms with Crippen LogP contribution in [-0.4, -0.2) is 86.8 Å². The molecule has 1 N–H and O–H groups in total. The van der Waals surface area contributed by atoms with Gasteiger partial charge in [-0.15, -0.1) is 0 Å². The van der Waals surface area contributed by atoms with E-state index in [0.29, 0.717) is 37.1 Å². The SMILES string of the molecule is C[C@@H](C(=O)N1CCC(N(C)C)CC1)N1CC[C@H](NS(=O)(=O)c2ccc3cc(Cl)ccc3c2)C1=O. The third-order valence-electron chi connectivity index (χ3n) is 6.95. The number of halogens is 1. The van der Waals surface area contributed by atoms with Crippen LogP contribution in [0.25, 0.3) is 10.8 Å². The predicted octanol–water partition coefficient (Wildman–Crippen LogP) is 2.31. The first-order chi connectivity index (χ1) is 16.1. The van der Waals surface area contributed by atoms with E-state index in [2.05, 4.69) is 9.62 Å². The predicted molar refractivity (Wildman–Crippen MR) is 132 cm³/mol. The Bertz CT molecular complexity index is 1190. The second-order valence-electron chi connectivity index (χ2n) is 9.34. The molecule has 2 fully saturated rings. The zero-order valence-electron chi connectivity index (χ0n) is 19.7. The van der Waals surface area contributed by atoms with Gasteiger partial charge >= 0.3 is 0 Å². The van der Waals surface area contributed by atoms with Crippen LogP contribution in [0, 0.1) is 0 Å². The average molecular weight is 507 g/mol. The molecule has 0 aliphatic carbocycles. The molecule has 2 heterocycles. The fraction of sp³-hybridized carbons (Fsp3) is 0.500. The molecule has 2 aliphatic heterocycles. The van der Waals surface area contributed by atoms with E-state index in [0.717, 1.165) is 23.6 Å². The number of benzene rings is 2. The summed E-state index contributed by atoms with van der Waals surface area (Å²) in [6.07, 6.45) is 2.13. The molecule has 0 bridgehead atoms. The summed E-state index contributed by atoms with van der Waals surface area (Å²) in [6.45, 7) is 3.39. The molecule has 34 heavy (non-hydrogen) atoms. The number of hydrogen-bond donors (Lipinski definition) is 1. The summed E-state index contributed by atoms with van der Waals surface area (Å²) in [5.41, 5.74) is 0. The molecule has 4 rings (SSSR count). The van der Waals surface area contributed by atoms with Crippen molar-refractivity contribution in [2.45, 2.75) is 49.2 Å². The van der Waals surface area contributed by atoms with E-state index in [-0.39, 0.29) is 16.7 Å². The summed E-state index contributed by atoms with van der Waals surface area (Å²) in [6, 6.07) is 8.93. The molecule has 0 saturated carbocycles. The Hall–Kier alpha value is -2.20. The van der Waals surface area contributed by atoms with Crippen molar-refractivity contribution >= 4 is 44.2 Å². The van der Waals surface area contributed by atoms with Crippen LogP contribution in [0.1, 0.15) is 26.2 Å². The standard InChI is InChI=1S/C24H31ClN4O4S/c1-16(23(30)28-11-8-20(9-12-28)27(2)3)29-13-10-22(24(29)31)26-34(32,33)21-7-5-17-14-19(25)6-4-18(17)15-21/h4-7,14-16,20,22,26H,8-13H2,1-3H3/t16-,22-/m0/s1. The fourth-order valence-corrected chi connectivity index (χ4v) is 6.25. The molecule has 0 radical (unpaired) electrons. The van der Waals surface area contributed by atoms with Gasteiger partial charge in [-0.3, -0.25) is 9.59 Å². The van der Waals surface area contributed by atoms with Gasteiger partial charge in [0.15, 0.2) is 0 Å². The fourth-order valence-electron chi connectivity index (χ4n) is 4.81. The van der Waals surface area contributed by atoms with Crippen molar-refractivity contribution in [3.05, 3.63) is 41.4 Å². The molecule has 0 unspecified atom stereocenters. The van der Waals surface area contributed by atoms with Crippen molar-refractivity contribution in [3.63, 3.8) is 0 Å². The lowest BCUT2D eigenvalue weighted by Gasteiger charge is -2.37. The summed E-state index contributed by atoms with van der Waals surface area (Å²) >= 11 is 6.01. The molecule has 2 aromatic rings. The van der Waals surface area contributed by atoms with Gasteiger partial charge in [-0.05, 0) is 75.3 Å². The van der Waals surface area contributed by atoms with Crippen LogP contribution < -0.4 is 4.72 Å². The molecular weight excluding hydrogens is 476 g/mol. The van der Waals surface area contributed by atoms with Crippen LogP contribution in [0.2, 0.25) is 5.02 Å². The van der Waals surface area contributed by atoms with E-state index < -0.39 is 22.1 Å². The molecule has 2 aromatic carbocycles. The molecular formula is C24H31ClN4O4S. The third kappa shape index (κ3) is 5.07. The lowest BCUT2D eigenvalue weighted by Crippen LogP contribution is -2.53. The van der Waals surface area contributed by atoms with Crippen molar-refractivity contribution in [1.29, 1.82) is 0 Å². The van der Waals surface area contributed by atoms with E-state index in [4.69, 9.17) is 11.6 Å². The number of nitrogens with one attached hydrogen (secondary N) is 1. The Labute approximate surface area is 205 Å². The second kappa shape index (κ2) is 9.81. The lowest BCUT2D eigenvalue weighted by atomic mass is 10.0. The van der Waals surface area contributed by atoms with E-state index in [9.17, 15) is 18.0 Å². The van der Waals surface area contributed by atoms with Gasteiger partial charge in [0.1, 0.15) is 12.1 Å². The molecule has 2 aliphatic rings. The smallest absolute Gasteiger partial charge is 0.245 e. The number of nitrogens with zero attached hydrogens (tertiary/aromatic N) is 3. The van der Waals surface area contributed by atoms with Gasteiger partial charge in [0.2, 0.25) is 21.8 Å². The van der Waals surface area contributed by atoms with Crippen LogP contribution in [0.4, 0.5) is 0 Å². The first kappa shape index (κ1) is 24.9. The maximum Gasteiger partial charge on any atom is 0.245 e. The largest absolute Gasteiger partial charge is 0.341 e. The number of likely N-dealkylation sites (tertiary alicyclic amines) is 2. The Balaban J connectivity index is 1.41. The van der Waals surface area contributed by atoms with Gasteiger partial charge in [-0.25, -0.2) is 8.42 Å². The molecule has 0 spiro atoms. The molecule has 2 atom stereocenters. The van der Waals surface area contributed by atoms with Gasteiger partial charge < -0.3 is 14.7 Å². The van der Waals surface area contributed by atoms with E-state index in [1.807, 2.05) is 19.0 Å². The number of rotatable bonds is 6. The topological polar surface area (TPSA) is 90.0 Å². The average Bonchev–Trinajstić information content (AvgIpc) is 3.17. The number of hydrogen-bond acceptors (Lipinski definition) is 5. The minimum Gasteiger partial charge on any atom is -0.341 e. The summed E-state index contributed by atoms with van der Waals surface area (Å²) in [5, 5.41) is 2.14. The second-order valence-corrected chi connectivity index (χ2v) is 11.5. The van der Waals surface area contributed by atoms with Crippen molar-refractivity contribution in [2.24, 2.45) is 0 Å². The Morgan fingerprint density at radius 2 is 1.71 bits per heavy atom. The van der Waals surface area contributed by atoms with Crippen molar-refractivity contribution < 1.29 is 18.0 Å². The highest BCUT2D eigenvalue weighted by molar-refractivity contribution is 7.89. The van der Waals surface area contributed by atoms with Gasteiger partial charge in [-0.1, -0.05) is 23.7 Å². The van der Waals surface area contributed by atoms with Crippen LogP contribution in [0.3, 0.4) is 0 Å². The highest BCUT2D eigenvalue weighted by Crippen LogP contribution is 2.24. The summed E-state index contributed by atoms with van der Waals surface area (Å²) in [5.74, 6) is -0.442. The van der Waals surface area contributed by atoms with Crippen molar-refractivity contribution in [1.82, 2.24) is 19.4 Å². The normalized spacial score (nSPS) is 21.0. The summed E-state index contributed by atoms with van der Waals surface area (Å²) in [7, 11) is 0.175. The number of sulfonamides is 1. The Kier molecular flexibility index (Phi) is 7.19. The molecule has 2 saturated heterocycles. The quantitative estimate of drug-likeness (QED) is 0.649. The number of fused-ring (bicyclic) bond motifs is 1. The minimum absolute atomic E-state index is 0.0812. The van der Waals surface area contributed by atoms with E-state index in [1.54, 1.807) is 37.3 Å². The molecule has 2 amide bonds. The zero-order chi connectivity index (χ0) is 24.6. The number of amides is 2. The highest BCUT2D eigenvalue weighted by Gasteiger charge is 2.40. The van der Waals surface area contributed by atoms with Gasteiger partial charge in [0, 0.05) is 30.7 Å². The summed E-state index contributed by atoms with van der Waals surface area (Å²) < 4.78 is 28.5. The van der Waals surface area contributed by atoms with Crippen LogP contribution in [0.5, 0.6) is 0 Å². The van der Waals surface area contributed by atoms with Crippen LogP contribution >= 0.6 is 11.6 Å². The minimum atomic E-state index is -3.91. The van der Waals surface area contributed by atoms with E-state index in [1.165, 1.54) is 11.0 Å². The Morgan fingerprint density at radius 3 is 2.38 bits per heavy atom. The number of piperidine rings is 1. The molecule has 8 nitrogen and oxygen atoms in total. The summed E-state index contributed by atoms with van der Waals surface area (Å²) in [4.78, 5) is 31.7. The number of carbonyl (C=O) groups is 2. The number of carbonyl (C=O) groups excluding carboxylic acids is 2. The highest BCUT2D eigenvalue weighted by atomic mass is 35.5. The van der Waals surface area contributed by atoms with Crippen molar-refractivity contribution in [3.8, 4) is 0 Å². The van der Waals surface area contributed by atoms with Gasteiger partial charge in [0.25, 0.3) is 0 Å².